The van der Waals surface area contributed by atoms with Crippen molar-refractivity contribution in [1.82, 2.24) is 15.2 Å². The van der Waals surface area contributed by atoms with Gasteiger partial charge in [-0.15, -0.1) is 0 Å². The molecule has 0 saturated heterocycles. The topological polar surface area (TPSA) is 88.1 Å². The van der Waals surface area contributed by atoms with E-state index in [0.717, 1.165) is 16.7 Å². The molecule has 0 aliphatic rings. The maximum Gasteiger partial charge on any atom is 0.339 e. The molecule has 0 unspecified atom stereocenters. The minimum Gasteiger partial charge on any atom is -0.462 e. The number of aromatic nitrogens is 3. The standard InChI is InChI=1S/C19H21N3O3/c1-4-25-19(24)16-14-9-20-22-18(14)21-17(15(16)11(2)3)13-7-5-6-12(8-13)10-23/h5-9,11,23H,4,10H2,1-3H3,(H,20,21,22). The number of aliphatic hydroxyl groups excluding tert-OH is 1. The summed E-state index contributed by atoms with van der Waals surface area (Å²) in [5.74, 6) is -0.321. The second kappa shape index (κ2) is 7.03. The maximum absolute atomic E-state index is 12.7. The molecule has 0 aliphatic carbocycles. The third-order valence-electron chi connectivity index (χ3n) is 4.08. The van der Waals surface area contributed by atoms with Crippen LogP contribution in [0.4, 0.5) is 0 Å². The van der Waals surface area contributed by atoms with Gasteiger partial charge < -0.3 is 9.84 Å². The fourth-order valence-electron chi connectivity index (χ4n) is 3.01. The Morgan fingerprint density at radius 2 is 2.16 bits per heavy atom. The van der Waals surface area contributed by atoms with Gasteiger partial charge in [-0.05, 0) is 30.0 Å². The number of pyridine rings is 1. The highest BCUT2D eigenvalue weighted by atomic mass is 16.5. The molecule has 0 saturated carbocycles. The van der Waals surface area contributed by atoms with Gasteiger partial charge >= 0.3 is 5.97 Å². The molecule has 2 N–H and O–H groups in total. The van der Waals surface area contributed by atoms with Gasteiger partial charge in [0.2, 0.25) is 0 Å². The number of fused-ring (bicyclic) bond motifs is 1. The molecule has 2 heterocycles. The molecule has 0 fully saturated rings. The van der Waals surface area contributed by atoms with E-state index in [9.17, 15) is 9.90 Å². The van der Waals surface area contributed by atoms with E-state index >= 15 is 0 Å². The molecule has 0 amide bonds. The van der Waals surface area contributed by atoms with E-state index in [1.807, 2.05) is 38.1 Å². The van der Waals surface area contributed by atoms with Crippen LogP contribution in [0.5, 0.6) is 0 Å². The van der Waals surface area contributed by atoms with Gasteiger partial charge in [0.1, 0.15) is 0 Å². The first-order valence-electron chi connectivity index (χ1n) is 8.31. The quantitative estimate of drug-likeness (QED) is 0.695. The monoisotopic (exact) mass is 339 g/mol. The SMILES string of the molecule is CCOC(=O)c1c(C(C)C)c(-c2cccc(CO)c2)nc2[nH]ncc12. The summed E-state index contributed by atoms with van der Waals surface area (Å²) >= 11 is 0. The Hall–Kier alpha value is -2.73. The number of nitrogens with one attached hydrogen (secondary N) is 1. The van der Waals surface area contributed by atoms with E-state index in [2.05, 4.69) is 10.2 Å². The molecule has 3 aromatic rings. The molecule has 0 bridgehead atoms. The van der Waals surface area contributed by atoms with Gasteiger partial charge in [0.25, 0.3) is 0 Å². The summed E-state index contributed by atoms with van der Waals surface area (Å²) < 4.78 is 5.28. The molecule has 25 heavy (non-hydrogen) atoms. The van der Waals surface area contributed by atoms with Gasteiger partial charge in [-0.2, -0.15) is 5.10 Å². The summed E-state index contributed by atoms with van der Waals surface area (Å²) in [7, 11) is 0. The lowest BCUT2D eigenvalue weighted by Crippen LogP contribution is -2.12. The minimum absolute atomic E-state index is 0.0537. The first kappa shape index (κ1) is 17.1. The average molecular weight is 339 g/mol. The van der Waals surface area contributed by atoms with E-state index < -0.39 is 0 Å². The van der Waals surface area contributed by atoms with Crippen molar-refractivity contribution in [2.24, 2.45) is 0 Å². The number of ether oxygens (including phenoxy) is 1. The number of hydrogen-bond donors (Lipinski definition) is 2. The Kier molecular flexibility index (Phi) is 4.81. The number of aromatic amines is 1. The van der Waals surface area contributed by atoms with E-state index in [0.29, 0.717) is 28.9 Å². The predicted molar refractivity (Wildman–Crippen MR) is 95.3 cm³/mol. The third kappa shape index (κ3) is 3.13. The van der Waals surface area contributed by atoms with Crippen molar-refractivity contribution in [3.63, 3.8) is 0 Å². The van der Waals surface area contributed by atoms with Crippen LogP contribution in [0.2, 0.25) is 0 Å². The van der Waals surface area contributed by atoms with E-state index in [1.54, 1.807) is 13.1 Å². The normalized spacial score (nSPS) is 11.2. The maximum atomic E-state index is 12.7. The number of rotatable bonds is 5. The largest absolute Gasteiger partial charge is 0.462 e. The van der Waals surface area contributed by atoms with Gasteiger partial charge in [0.05, 0.1) is 36.1 Å². The molecule has 2 aromatic heterocycles. The first-order chi connectivity index (χ1) is 12.1. The van der Waals surface area contributed by atoms with Crippen molar-refractivity contribution < 1.29 is 14.6 Å². The first-order valence-corrected chi connectivity index (χ1v) is 8.31. The zero-order chi connectivity index (χ0) is 18.0. The third-order valence-corrected chi connectivity index (χ3v) is 4.08. The molecule has 130 valence electrons. The second-order valence-electron chi connectivity index (χ2n) is 6.12. The van der Waals surface area contributed by atoms with Gasteiger partial charge in [-0.1, -0.05) is 32.0 Å². The van der Waals surface area contributed by atoms with Crippen molar-refractivity contribution in [2.45, 2.75) is 33.3 Å². The van der Waals surface area contributed by atoms with Gasteiger partial charge in [-0.3, -0.25) is 5.10 Å². The zero-order valence-corrected chi connectivity index (χ0v) is 14.5. The lowest BCUT2D eigenvalue weighted by molar-refractivity contribution is 0.0527. The van der Waals surface area contributed by atoms with Crippen LogP contribution in [-0.4, -0.2) is 32.9 Å². The Labute approximate surface area is 145 Å². The number of aliphatic hydroxyl groups is 1. The average Bonchev–Trinajstić information content (AvgIpc) is 3.08. The van der Waals surface area contributed by atoms with Crippen molar-refractivity contribution in [3.8, 4) is 11.3 Å². The molecule has 0 spiro atoms. The van der Waals surface area contributed by atoms with Crippen LogP contribution in [-0.2, 0) is 11.3 Å². The Bertz CT molecular complexity index is 915. The predicted octanol–water partition coefficient (Wildman–Crippen LogP) is 3.42. The summed E-state index contributed by atoms with van der Waals surface area (Å²) in [6, 6.07) is 7.52. The van der Waals surface area contributed by atoms with Crippen LogP contribution in [0.25, 0.3) is 22.3 Å². The van der Waals surface area contributed by atoms with Crippen molar-refractivity contribution >= 4 is 17.0 Å². The molecule has 1 aromatic carbocycles. The van der Waals surface area contributed by atoms with Crippen molar-refractivity contribution in [2.75, 3.05) is 6.61 Å². The minimum atomic E-state index is -0.375. The van der Waals surface area contributed by atoms with Crippen LogP contribution in [0.3, 0.4) is 0 Å². The summed E-state index contributed by atoms with van der Waals surface area (Å²) in [5, 5.41) is 17.0. The van der Waals surface area contributed by atoms with Crippen LogP contribution in [0.1, 0.15) is 48.2 Å². The second-order valence-corrected chi connectivity index (χ2v) is 6.12. The lowest BCUT2D eigenvalue weighted by atomic mass is 9.90. The van der Waals surface area contributed by atoms with Gasteiger partial charge in [0, 0.05) is 5.56 Å². The van der Waals surface area contributed by atoms with Crippen molar-refractivity contribution in [3.05, 3.63) is 47.2 Å². The number of carbonyl (C=O) groups excluding carboxylic acids is 1. The highest BCUT2D eigenvalue weighted by Gasteiger charge is 2.25. The van der Waals surface area contributed by atoms with Crippen LogP contribution in [0, 0.1) is 0 Å². The molecule has 3 rings (SSSR count). The smallest absolute Gasteiger partial charge is 0.339 e. The molecule has 6 nitrogen and oxygen atoms in total. The highest BCUT2D eigenvalue weighted by molar-refractivity contribution is 6.05. The number of carbonyl (C=O) groups is 1. The molecular weight excluding hydrogens is 318 g/mol. The van der Waals surface area contributed by atoms with Crippen LogP contribution < -0.4 is 0 Å². The fraction of sp³-hybridized carbons (Fsp3) is 0.316. The van der Waals surface area contributed by atoms with Crippen LogP contribution in [0.15, 0.2) is 30.5 Å². The van der Waals surface area contributed by atoms with Gasteiger partial charge in [0.15, 0.2) is 5.65 Å². The molecule has 0 aliphatic heterocycles. The molecular formula is C19H21N3O3. The Balaban J connectivity index is 2.34. The fourth-order valence-corrected chi connectivity index (χ4v) is 3.01. The summed E-state index contributed by atoms with van der Waals surface area (Å²) in [4.78, 5) is 17.4. The number of nitrogens with zero attached hydrogens (tertiary/aromatic N) is 2. The number of hydrogen-bond acceptors (Lipinski definition) is 5. The van der Waals surface area contributed by atoms with Gasteiger partial charge in [-0.25, -0.2) is 9.78 Å². The molecule has 0 radical (unpaired) electrons. The number of benzene rings is 1. The summed E-state index contributed by atoms with van der Waals surface area (Å²) in [6.45, 7) is 6.07. The number of H-pyrrole nitrogens is 1. The Morgan fingerprint density at radius 1 is 1.36 bits per heavy atom. The number of esters is 1. The van der Waals surface area contributed by atoms with Crippen molar-refractivity contribution in [1.29, 1.82) is 0 Å². The highest BCUT2D eigenvalue weighted by Crippen LogP contribution is 2.35. The summed E-state index contributed by atoms with van der Waals surface area (Å²) in [5.41, 5.74) is 4.19. The molecule has 0 atom stereocenters. The van der Waals surface area contributed by atoms with E-state index in [1.165, 1.54) is 0 Å². The van der Waals surface area contributed by atoms with E-state index in [4.69, 9.17) is 9.72 Å². The summed E-state index contributed by atoms with van der Waals surface area (Å²) in [6.07, 6.45) is 1.61. The van der Waals surface area contributed by atoms with E-state index in [-0.39, 0.29) is 18.5 Å². The lowest BCUT2D eigenvalue weighted by Gasteiger charge is -2.17. The Morgan fingerprint density at radius 3 is 2.84 bits per heavy atom. The molecule has 6 heteroatoms. The van der Waals surface area contributed by atoms with Crippen LogP contribution >= 0.6 is 0 Å². The zero-order valence-electron chi connectivity index (χ0n) is 14.5.